The number of Topliss-reactive ketones (excluding diaryl/α,β-unsaturated/α-hetero) is 1. The second-order valence-corrected chi connectivity index (χ2v) is 5.42. The van der Waals surface area contributed by atoms with Crippen LogP contribution in [0.3, 0.4) is 0 Å². The number of benzene rings is 1. The maximum atomic E-state index is 11.5. The van der Waals surface area contributed by atoms with E-state index >= 15 is 0 Å². The maximum Gasteiger partial charge on any atom is 0.159 e. The Morgan fingerprint density at radius 2 is 1.89 bits per heavy atom. The SMILES string of the molecule is COc1ccc(C(C)=O)cc1C[NH+]1CCCCCC1. The fourth-order valence-electron chi connectivity index (χ4n) is 2.81. The lowest BCUT2D eigenvalue weighted by Crippen LogP contribution is -3.10. The summed E-state index contributed by atoms with van der Waals surface area (Å²) in [6.07, 6.45) is 5.33. The lowest BCUT2D eigenvalue weighted by Gasteiger charge is -2.19. The lowest BCUT2D eigenvalue weighted by molar-refractivity contribution is -0.913. The molecule has 1 fully saturated rings. The summed E-state index contributed by atoms with van der Waals surface area (Å²) in [4.78, 5) is 13.1. The number of hydrogen-bond donors (Lipinski definition) is 1. The van der Waals surface area contributed by atoms with Gasteiger partial charge in [0, 0.05) is 11.1 Å². The van der Waals surface area contributed by atoms with Crippen molar-refractivity contribution in [3.63, 3.8) is 0 Å². The Balaban J connectivity index is 2.16. The second-order valence-electron chi connectivity index (χ2n) is 5.42. The monoisotopic (exact) mass is 262 g/mol. The summed E-state index contributed by atoms with van der Waals surface area (Å²) in [5, 5.41) is 0. The van der Waals surface area contributed by atoms with E-state index in [9.17, 15) is 4.79 Å². The fourth-order valence-corrected chi connectivity index (χ4v) is 2.81. The van der Waals surface area contributed by atoms with Gasteiger partial charge in [-0.3, -0.25) is 4.79 Å². The van der Waals surface area contributed by atoms with Crippen LogP contribution in [0.25, 0.3) is 0 Å². The standard InChI is InChI=1S/C16H23NO2/c1-13(18)14-7-8-16(19-2)15(11-14)12-17-9-5-3-4-6-10-17/h7-8,11H,3-6,9-10,12H2,1-2H3/p+1. The molecule has 0 unspecified atom stereocenters. The van der Waals surface area contributed by atoms with E-state index in [-0.39, 0.29) is 5.78 Å². The summed E-state index contributed by atoms with van der Waals surface area (Å²) in [5.41, 5.74) is 1.94. The largest absolute Gasteiger partial charge is 0.496 e. The Morgan fingerprint density at radius 1 is 1.21 bits per heavy atom. The van der Waals surface area contributed by atoms with Gasteiger partial charge in [0.1, 0.15) is 12.3 Å². The minimum atomic E-state index is 0.120. The molecule has 0 aliphatic carbocycles. The predicted octanol–water partition coefficient (Wildman–Crippen LogP) is 1.86. The van der Waals surface area contributed by atoms with Crippen molar-refractivity contribution < 1.29 is 14.4 Å². The van der Waals surface area contributed by atoms with Crippen LogP contribution in [0, 0.1) is 0 Å². The zero-order chi connectivity index (χ0) is 13.7. The van der Waals surface area contributed by atoms with E-state index in [0.29, 0.717) is 0 Å². The molecule has 1 aromatic carbocycles. The molecule has 3 heteroatoms. The van der Waals surface area contributed by atoms with Gasteiger partial charge in [-0.15, -0.1) is 0 Å². The van der Waals surface area contributed by atoms with Crippen molar-refractivity contribution in [2.24, 2.45) is 0 Å². The number of carbonyl (C=O) groups excluding carboxylic acids is 1. The van der Waals surface area contributed by atoms with Gasteiger partial charge < -0.3 is 9.64 Å². The molecule has 1 aliphatic rings. The third-order valence-corrected chi connectivity index (χ3v) is 3.94. The third-order valence-electron chi connectivity index (χ3n) is 3.94. The van der Waals surface area contributed by atoms with E-state index in [1.807, 2.05) is 18.2 Å². The molecule has 0 radical (unpaired) electrons. The molecule has 1 N–H and O–H groups in total. The van der Waals surface area contributed by atoms with Crippen LogP contribution < -0.4 is 9.64 Å². The molecule has 3 nitrogen and oxygen atoms in total. The van der Waals surface area contributed by atoms with Crippen molar-refractivity contribution in [1.82, 2.24) is 0 Å². The quantitative estimate of drug-likeness (QED) is 0.840. The summed E-state index contributed by atoms with van der Waals surface area (Å²) in [6.45, 7) is 5.04. The molecule has 1 saturated heterocycles. The van der Waals surface area contributed by atoms with Gasteiger partial charge in [-0.2, -0.15) is 0 Å². The Hall–Kier alpha value is -1.35. The summed E-state index contributed by atoms with van der Waals surface area (Å²) in [6, 6.07) is 5.77. The van der Waals surface area contributed by atoms with Crippen LogP contribution in [-0.2, 0) is 6.54 Å². The van der Waals surface area contributed by atoms with Gasteiger partial charge in [-0.05, 0) is 50.8 Å². The van der Waals surface area contributed by atoms with Crippen LogP contribution in [0.15, 0.2) is 18.2 Å². The van der Waals surface area contributed by atoms with Gasteiger partial charge in [-0.1, -0.05) is 0 Å². The van der Waals surface area contributed by atoms with Gasteiger partial charge in [-0.25, -0.2) is 0 Å². The third kappa shape index (κ3) is 3.80. The van der Waals surface area contributed by atoms with Crippen LogP contribution in [-0.4, -0.2) is 26.0 Å². The molecule has 0 spiro atoms. The topological polar surface area (TPSA) is 30.7 Å². The first-order valence-corrected chi connectivity index (χ1v) is 7.22. The van der Waals surface area contributed by atoms with Crippen LogP contribution >= 0.6 is 0 Å². The van der Waals surface area contributed by atoms with Crippen molar-refractivity contribution in [3.8, 4) is 5.75 Å². The van der Waals surface area contributed by atoms with E-state index in [1.165, 1.54) is 38.8 Å². The van der Waals surface area contributed by atoms with Crippen molar-refractivity contribution >= 4 is 5.78 Å². The van der Waals surface area contributed by atoms with Crippen LogP contribution in [0.4, 0.5) is 0 Å². The summed E-state index contributed by atoms with van der Waals surface area (Å²) < 4.78 is 5.43. The van der Waals surface area contributed by atoms with Crippen LogP contribution in [0.1, 0.15) is 48.5 Å². The van der Waals surface area contributed by atoms with Crippen LogP contribution in [0.5, 0.6) is 5.75 Å². The normalized spacial score (nSPS) is 16.9. The van der Waals surface area contributed by atoms with Gasteiger partial charge in [0.15, 0.2) is 5.78 Å². The summed E-state index contributed by atoms with van der Waals surface area (Å²) in [7, 11) is 1.70. The molecule has 0 amide bonds. The van der Waals surface area contributed by atoms with E-state index in [2.05, 4.69) is 0 Å². The Bertz CT molecular complexity index is 434. The van der Waals surface area contributed by atoms with Gasteiger partial charge in [0.2, 0.25) is 0 Å². The molecule has 0 saturated carbocycles. The minimum Gasteiger partial charge on any atom is -0.496 e. The number of likely N-dealkylation sites (tertiary alicyclic amines) is 1. The zero-order valence-corrected chi connectivity index (χ0v) is 12.0. The van der Waals surface area contributed by atoms with Crippen molar-refractivity contribution in [2.75, 3.05) is 20.2 Å². The molecule has 0 atom stereocenters. The van der Waals surface area contributed by atoms with Gasteiger partial charge in [0.05, 0.1) is 20.2 Å². The number of methoxy groups -OCH3 is 1. The number of quaternary nitrogens is 1. The molecular weight excluding hydrogens is 238 g/mol. The highest BCUT2D eigenvalue weighted by Crippen LogP contribution is 2.19. The predicted molar refractivity (Wildman–Crippen MR) is 75.9 cm³/mol. The molecule has 2 rings (SSSR count). The first kappa shape index (κ1) is 14.1. The Morgan fingerprint density at radius 3 is 2.47 bits per heavy atom. The molecule has 0 bridgehead atoms. The second kappa shape index (κ2) is 6.71. The van der Waals surface area contributed by atoms with Crippen molar-refractivity contribution in [2.45, 2.75) is 39.2 Å². The van der Waals surface area contributed by atoms with Gasteiger partial charge in [0.25, 0.3) is 0 Å². The van der Waals surface area contributed by atoms with Crippen molar-refractivity contribution in [1.29, 1.82) is 0 Å². The number of carbonyl (C=O) groups is 1. The first-order chi connectivity index (χ1) is 9.20. The maximum absolute atomic E-state index is 11.5. The molecular formula is C16H24NO2+. The molecule has 1 aromatic rings. The van der Waals surface area contributed by atoms with E-state index in [4.69, 9.17) is 4.74 Å². The number of hydrogen-bond acceptors (Lipinski definition) is 2. The zero-order valence-electron chi connectivity index (χ0n) is 12.0. The Labute approximate surface area is 115 Å². The first-order valence-electron chi connectivity index (χ1n) is 7.22. The smallest absolute Gasteiger partial charge is 0.159 e. The summed E-state index contributed by atoms with van der Waals surface area (Å²) >= 11 is 0. The van der Waals surface area contributed by atoms with Crippen molar-refractivity contribution in [3.05, 3.63) is 29.3 Å². The number of ether oxygens (including phenoxy) is 1. The van der Waals surface area contributed by atoms with E-state index < -0.39 is 0 Å². The summed E-state index contributed by atoms with van der Waals surface area (Å²) in [5.74, 6) is 1.02. The number of ketones is 1. The van der Waals surface area contributed by atoms with E-state index in [1.54, 1.807) is 18.9 Å². The number of rotatable bonds is 4. The average Bonchev–Trinajstić information content (AvgIpc) is 2.67. The average molecular weight is 262 g/mol. The molecule has 1 aliphatic heterocycles. The molecule has 0 aromatic heterocycles. The molecule has 104 valence electrons. The molecule has 1 heterocycles. The highest BCUT2D eigenvalue weighted by molar-refractivity contribution is 5.94. The number of nitrogens with one attached hydrogen (secondary N) is 1. The molecule has 19 heavy (non-hydrogen) atoms. The lowest BCUT2D eigenvalue weighted by atomic mass is 10.1. The minimum absolute atomic E-state index is 0.120. The highest BCUT2D eigenvalue weighted by Gasteiger charge is 2.16. The fraction of sp³-hybridized carbons (Fsp3) is 0.562. The highest BCUT2D eigenvalue weighted by atomic mass is 16.5. The Kier molecular flexibility index (Phi) is 4.97. The van der Waals surface area contributed by atoms with Crippen LogP contribution in [0.2, 0.25) is 0 Å². The van der Waals surface area contributed by atoms with E-state index in [0.717, 1.165) is 23.4 Å². The van der Waals surface area contributed by atoms with Gasteiger partial charge >= 0.3 is 0 Å².